The second-order valence-corrected chi connectivity index (χ2v) is 6.12. The zero-order valence-corrected chi connectivity index (χ0v) is 15.5. The van der Waals surface area contributed by atoms with Gasteiger partial charge in [0.2, 0.25) is 5.95 Å². The van der Waals surface area contributed by atoms with Crippen molar-refractivity contribution in [3.63, 3.8) is 0 Å². The average Bonchev–Trinajstić information content (AvgIpc) is 2.62. The van der Waals surface area contributed by atoms with Crippen LogP contribution in [0.3, 0.4) is 0 Å². The van der Waals surface area contributed by atoms with Gasteiger partial charge in [-0.1, -0.05) is 41.9 Å². The molecule has 0 aliphatic carbocycles. The van der Waals surface area contributed by atoms with Crippen LogP contribution >= 0.6 is 11.6 Å². The molecule has 134 valence electrons. The number of rotatable bonds is 7. The number of para-hydroxylation sites is 2. The summed E-state index contributed by atoms with van der Waals surface area (Å²) < 4.78 is 5.64. The fourth-order valence-electron chi connectivity index (χ4n) is 2.51. The van der Waals surface area contributed by atoms with Gasteiger partial charge in [-0.2, -0.15) is 4.98 Å². The summed E-state index contributed by atoms with van der Waals surface area (Å²) in [7, 11) is 0. The summed E-state index contributed by atoms with van der Waals surface area (Å²) in [4.78, 5) is 9.00. The molecule has 0 bridgehead atoms. The summed E-state index contributed by atoms with van der Waals surface area (Å²) in [5.41, 5.74) is 2.71. The van der Waals surface area contributed by atoms with Gasteiger partial charge < -0.3 is 15.4 Å². The minimum absolute atomic E-state index is 0.513. The maximum absolute atomic E-state index is 6.21. The van der Waals surface area contributed by atoms with Crippen LogP contribution in [-0.4, -0.2) is 16.6 Å². The molecule has 1 heterocycles. The highest BCUT2D eigenvalue weighted by molar-refractivity contribution is 6.31. The van der Waals surface area contributed by atoms with Crippen molar-refractivity contribution in [2.75, 3.05) is 17.2 Å². The van der Waals surface area contributed by atoms with Gasteiger partial charge in [0.15, 0.2) is 0 Å². The Labute approximate surface area is 158 Å². The number of ether oxygens (including phenoxy) is 1. The van der Waals surface area contributed by atoms with Crippen molar-refractivity contribution < 1.29 is 4.74 Å². The van der Waals surface area contributed by atoms with Gasteiger partial charge in [-0.15, -0.1) is 0 Å². The molecule has 5 nitrogen and oxygen atoms in total. The molecular weight excluding hydrogens is 348 g/mol. The molecule has 2 N–H and O–H groups in total. The molecule has 3 rings (SSSR count). The van der Waals surface area contributed by atoms with Crippen LogP contribution in [0.25, 0.3) is 0 Å². The van der Waals surface area contributed by atoms with Crippen LogP contribution in [-0.2, 0) is 6.54 Å². The number of aromatic nitrogens is 2. The molecule has 0 spiro atoms. The van der Waals surface area contributed by atoms with Gasteiger partial charge >= 0.3 is 0 Å². The lowest BCUT2D eigenvalue weighted by atomic mass is 10.2. The number of anilines is 3. The van der Waals surface area contributed by atoms with E-state index in [9.17, 15) is 0 Å². The maximum Gasteiger partial charge on any atom is 0.229 e. The molecule has 26 heavy (non-hydrogen) atoms. The third-order valence-electron chi connectivity index (χ3n) is 3.71. The van der Waals surface area contributed by atoms with Crippen LogP contribution in [0, 0.1) is 6.92 Å². The summed E-state index contributed by atoms with van der Waals surface area (Å²) in [6.45, 7) is 5.07. The summed E-state index contributed by atoms with van der Waals surface area (Å²) >= 11 is 6.21. The Morgan fingerprint density at radius 2 is 1.81 bits per heavy atom. The fraction of sp³-hybridized carbons (Fsp3) is 0.200. The van der Waals surface area contributed by atoms with Gasteiger partial charge in [-0.05, 0) is 37.6 Å². The predicted molar refractivity (Wildman–Crippen MR) is 106 cm³/mol. The van der Waals surface area contributed by atoms with Crippen LogP contribution in [0.1, 0.15) is 18.2 Å². The van der Waals surface area contributed by atoms with Crippen LogP contribution in [0.15, 0.2) is 54.6 Å². The Hall–Kier alpha value is -2.79. The third-order valence-corrected chi connectivity index (χ3v) is 4.07. The maximum atomic E-state index is 6.21. The van der Waals surface area contributed by atoms with Crippen molar-refractivity contribution in [1.29, 1.82) is 0 Å². The lowest BCUT2D eigenvalue weighted by Crippen LogP contribution is -2.06. The molecule has 0 radical (unpaired) electrons. The van der Waals surface area contributed by atoms with Crippen molar-refractivity contribution in [1.82, 2.24) is 9.97 Å². The van der Waals surface area contributed by atoms with Gasteiger partial charge in [0.25, 0.3) is 0 Å². The molecule has 0 aliphatic heterocycles. The minimum atomic E-state index is 0.513. The van der Waals surface area contributed by atoms with E-state index >= 15 is 0 Å². The van der Waals surface area contributed by atoms with Crippen molar-refractivity contribution in [3.8, 4) is 5.75 Å². The highest BCUT2D eigenvalue weighted by atomic mass is 35.5. The third kappa shape index (κ3) is 4.64. The van der Waals surface area contributed by atoms with Crippen molar-refractivity contribution in [2.45, 2.75) is 20.4 Å². The van der Waals surface area contributed by atoms with E-state index in [1.165, 1.54) is 0 Å². The van der Waals surface area contributed by atoms with Crippen molar-refractivity contribution >= 4 is 29.1 Å². The highest BCUT2D eigenvalue weighted by Gasteiger charge is 2.07. The number of nitrogens with one attached hydrogen (secondary N) is 2. The van der Waals surface area contributed by atoms with Crippen LogP contribution in [0.5, 0.6) is 5.75 Å². The van der Waals surface area contributed by atoms with Crippen LogP contribution < -0.4 is 15.4 Å². The van der Waals surface area contributed by atoms with Gasteiger partial charge in [0, 0.05) is 23.3 Å². The first-order chi connectivity index (χ1) is 12.7. The summed E-state index contributed by atoms with van der Waals surface area (Å²) in [5, 5.41) is 7.27. The first-order valence-electron chi connectivity index (χ1n) is 8.47. The Morgan fingerprint density at radius 1 is 1.04 bits per heavy atom. The van der Waals surface area contributed by atoms with Crippen molar-refractivity contribution in [3.05, 3.63) is 70.9 Å². The van der Waals surface area contributed by atoms with Crippen molar-refractivity contribution in [2.24, 2.45) is 0 Å². The lowest BCUT2D eigenvalue weighted by Gasteiger charge is -2.13. The highest BCUT2D eigenvalue weighted by Crippen LogP contribution is 2.26. The second-order valence-electron chi connectivity index (χ2n) is 5.72. The number of halogens is 1. The molecular formula is C20H21ClN4O. The van der Waals surface area contributed by atoms with E-state index in [-0.39, 0.29) is 0 Å². The zero-order valence-electron chi connectivity index (χ0n) is 14.8. The normalized spacial score (nSPS) is 10.4. The zero-order chi connectivity index (χ0) is 18.4. The molecule has 1 aromatic heterocycles. The number of hydrogen-bond acceptors (Lipinski definition) is 5. The standard InChI is InChI=1S/C20H21ClN4O/c1-3-26-18-11-7-6-10-17(18)24-20-23-14(2)12-19(25-20)22-13-15-8-4-5-9-16(15)21/h4-12H,3,13H2,1-2H3,(H2,22,23,24,25). The lowest BCUT2D eigenvalue weighted by molar-refractivity contribution is 0.342. The quantitative estimate of drug-likeness (QED) is 0.600. The summed E-state index contributed by atoms with van der Waals surface area (Å²) in [6, 6.07) is 17.4. The van der Waals surface area contributed by atoms with Gasteiger partial charge in [-0.25, -0.2) is 4.98 Å². The predicted octanol–water partition coefficient (Wildman–Crippen LogP) is 5.19. The summed E-state index contributed by atoms with van der Waals surface area (Å²) in [6.07, 6.45) is 0. The van der Waals surface area contributed by atoms with E-state index in [0.717, 1.165) is 33.5 Å². The molecule has 2 aromatic carbocycles. The van der Waals surface area contributed by atoms with Gasteiger partial charge in [0.1, 0.15) is 11.6 Å². The number of aryl methyl sites for hydroxylation is 1. The first kappa shape index (κ1) is 18.0. The Kier molecular flexibility index (Phi) is 5.92. The molecule has 0 fully saturated rings. The van der Waals surface area contributed by atoms with Gasteiger partial charge in [-0.3, -0.25) is 0 Å². The van der Waals surface area contributed by atoms with E-state index in [2.05, 4.69) is 20.6 Å². The number of hydrogen-bond donors (Lipinski definition) is 2. The topological polar surface area (TPSA) is 59.1 Å². The van der Waals surface area contributed by atoms with E-state index in [0.29, 0.717) is 19.1 Å². The van der Waals surface area contributed by atoms with E-state index in [1.54, 1.807) is 0 Å². The second kappa shape index (κ2) is 8.54. The SMILES string of the molecule is CCOc1ccccc1Nc1nc(C)cc(NCc2ccccc2Cl)n1. The number of benzene rings is 2. The fourth-order valence-corrected chi connectivity index (χ4v) is 2.72. The average molecular weight is 369 g/mol. The monoisotopic (exact) mass is 368 g/mol. The molecule has 0 unspecified atom stereocenters. The Morgan fingerprint density at radius 3 is 2.62 bits per heavy atom. The van der Waals surface area contributed by atoms with E-state index in [1.807, 2.05) is 68.4 Å². The molecule has 0 amide bonds. The Balaban J connectivity index is 1.77. The minimum Gasteiger partial charge on any atom is -0.492 e. The largest absolute Gasteiger partial charge is 0.492 e. The molecule has 6 heteroatoms. The van der Waals surface area contributed by atoms with E-state index < -0.39 is 0 Å². The Bertz CT molecular complexity index is 885. The molecule has 3 aromatic rings. The molecule has 0 aliphatic rings. The molecule has 0 saturated carbocycles. The molecule has 0 saturated heterocycles. The smallest absolute Gasteiger partial charge is 0.229 e. The molecule has 0 atom stereocenters. The van der Waals surface area contributed by atoms with Crippen LogP contribution in [0.4, 0.5) is 17.5 Å². The van der Waals surface area contributed by atoms with E-state index in [4.69, 9.17) is 16.3 Å². The first-order valence-corrected chi connectivity index (χ1v) is 8.85. The van der Waals surface area contributed by atoms with Crippen LogP contribution in [0.2, 0.25) is 5.02 Å². The summed E-state index contributed by atoms with van der Waals surface area (Å²) in [5.74, 6) is 2.01. The number of nitrogens with zero attached hydrogens (tertiary/aromatic N) is 2. The van der Waals surface area contributed by atoms with Gasteiger partial charge in [0.05, 0.1) is 12.3 Å².